The van der Waals surface area contributed by atoms with E-state index in [0.29, 0.717) is 11.7 Å². The van der Waals surface area contributed by atoms with Gasteiger partial charge in [-0.1, -0.05) is 11.8 Å². The quantitative estimate of drug-likeness (QED) is 0.660. The number of carbonyl (C=O) groups excluding carboxylic acids is 1. The molecule has 0 saturated heterocycles. The van der Waals surface area contributed by atoms with E-state index in [1.807, 2.05) is 6.92 Å². The molecule has 88 valence electrons. The van der Waals surface area contributed by atoms with Crippen LogP contribution >= 0.6 is 11.8 Å². The van der Waals surface area contributed by atoms with Crippen LogP contribution in [0.25, 0.3) is 0 Å². The van der Waals surface area contributed by atoms with Crippen molar-refractivity contribution in [1.29, 1.82) is 0 Å². The fourth-order valence-corrected chi connectivity index (χ4v) is 1.63. The SMILES string of the molecule is CCNC(=O)Cn1cnnc1SCC(=O)O. The Bertz CT molecular complexity index is 379. The average Bonchev–Trinajstić information content (AvgIpc) is 2.62. The van der Waals surface area contributed by atoms with E-state index in [9.17, 15) is 9.59 Å². The first-order valence-electron chi connectivity index (χ1n) is 4.62. The predicted octanol–water partition coefficient (Wildman–Crippen LogP) is -0.409. The van der Waals surface area contributed by atoms with Crippen molar-refractivity contribution in [2.75, 3.05) is 12.3 Å². The van der Waals surface area contributed by atoms with Crippen LogP contribution in [-0.4, -0.2) is 44.0 Å². The summed E-state index contributed by atoms with van der Waals surface area (Å²) < 4.78 is 1.51. The van der Waals surface area contributed by atoms with Gasteiger partial charge in [0.05, 0.1) is 5.75 Å². The largest absolute Gasteiger partial charge is 0.481 e. The molecule has 2 N–H and O–H groups in total. The number of aliphatic carboxylic acids is 1. The second-order valence-electron chi connectivity index (χ2n) is 2.88. The number of likely N-dealkylation sites (N-methyl/N-ethyl adjacent to an activating group) is 1. The minimum Gasteiger partial charge on any atom is -0.481 e. The number of amides is 1. The van der Waals surface area contributed by atoms with Crippen molar-refractivity contribution in [3.8, 4) is 0 Å². The fraction of sp³-hybridized carbons (Fsp3) is 0.500. The number of nitrogens with zero attached hydrogens (tertiary/aromatic N) is 3. The molecule has 0 bridgehead atoms. The number of rotatable bonds is 6. The summed E-state index contributed by atoms with van der Waals surface area (Å²) in [5, 5.41) is 18.9. The highest BCUT2D eigenvalue weighted by atomic mass is 32.2. The van der Waals surface area contributed by atoms with Gasteiger partial charge in [0.25, 0.3) is 0 Å². The maximum Gasteiger partial charge on any atom is 0.313 e. The number of carboxylic acid groups (broad SMARTS) is 1. The van der Waals surface area contributed by atoms with Gasteiger partial charge in [-0.05, 0) is 6.92 Å². The van der Waals surface area contributed by atoms with Crippen molar-refractivity contribution >= 4 is 23.6 Å². The summed E-state index contributed by atoms with van der Waals surface area (Å²) in [5.74, 6) is -1.19. The van der Waals surface area contributed by atoms with Gasteiger partial charge in [-0.3, -0.25) is 14.2 Å². The Labute approximate surface area is 96.2 Å². The van der Waals surface area contributed by atoms with Gasteiger partial charge in [-0.2, -0.15) is 0 Å². The zero-order chi connectivity index (χ0) is 12.0. The summed E-state index contributed by atoms with van der Waals surface area (Å²) in [7, 11) is 0. The van der Waals surface area contributed by atoms with Crippen LogP contribution < -0.4 is 5.32 Å². The molecule has 0 radical (unpaired) electrons. The van der Waals surface area contributed by atoms with Gasteiger partial charge in [-0.25, -0.2) is 0 Å². The molecule has 16 heavy (non-hydrogen) atoms. The highest BCUT2D eigenvalue weighted by Gasteiger charge is 2.10. The van der Waals surface area contributed by atoms with E-state index < -0.39 is 5.97 Å². The first-order valence-corrected chi connectivity index (χ1v) is 5.61. The van der Waals surface area contributed by atoms with Crippen LogP contribution in [0.1, 0.15) is 6.92 Å². The van der Waals surface area contributed by atoms with E-state index in [4.69, 9.17) is 5.11 Å². The number of thioether (sulfide) groups is 1. The number of hydrogen-bond acceptors (Lipinski definition) is 5. The van der Waals surface area contributed by atoms with Crippen LogP contribution in [-0.2, 0) is 16.1 Å². The van der Waals surface area contributed by atoms with Crippen LogP contribution in [0.4, 0.5) is 0 Å². The van der Waals surface area contributed by atoms with Gasteiger partial charge in [-0.15, -0.1) is 10.2 Å². The molecule has 1 aromatic heterocycles. The molecule has 8 heteroatoms. The van der Waals surface area contributed by atoms with E-state index in [-0.39, 0.29) is 18.2 Å². The zero-order valence-electron chi connectivity index (χ0n) is 8.71. The monoisotopic (exact) mass is 244 g/mol. The number of hydrogen-bond donors (Lipinski definition) is 2. The van der Waals surface area contributed by atoms with Gasteiger partial charge < -0.3 is 10.4 Å². The van der Waals surface area contributed by atoms with Gasteiger partial charge in [0, 0.05) is 6.54 Å². The third-order valence-electron chi connectivity index (χ3n) is 1.59. The molecule has 0 aliphatic heterocycles. The lowest BCUT2D eigenvalue weighted by Gasteiger charge is -2.04. The maximum absolute atomic E-state index is 11.3. The third kappa shape index (κ3) is 3.89. The smallest absolute Gasteiger partial charge is 0.313 e. The highest BCUT2D eigenvalue weighted by molar-refractivity contribution is 7.99. The molecular formula is C8H12N4O3S. The van der Waals surface area contributed by atoms with E-state index in [0.717, 1.165) is 11.8 Å². The lowest BCUT2D eigenvalue weighted by molar-refractivity contribution is -0.133. The molecule has 0 aliphatic rings. The lowest BCUT2D eigenvalue weighted by Crippen LogP contribution is -2.27. The maximum atomic E-state index is 11.3. The molecule has 1 rings (SSSR count). The van der Waals surface area contributed by atoms with Crippen molar-refractivity contribution in [2.24, 2.45) is 0 Å². The number of aromatic nitrogens is 3. The van der Waals surface area contributed by atoms with Gasteiger partial charge >= 0.3 is 5.97 Å². The molecule has 1 amide bonds. The van der Waals surface area contributed by atoms with Crippen LogP contribution in [0.2, 0.25) is 0 Å². The molecular weight excluding hydrogens is 232 g/mol. The molecule has 0 aromatic carbocycles. The Kier molecular flexibility index (Phi) is 4.77. The standard InChI is InChI=1S/C8H12N4O3S/c1-2-9-6(13)3-12-5-10-11-8(12)16-4-7(14)15/h5H,2-4H2,1H3,(H,9,13)(H,14,15). The number of carboxylic acids is 1. The molecule has 0 unspecified atom stereocenters. The summed E-state index contributed by atoms with van der Waals surface area (Å²) in [6.45, 7) is 2.48. The highest BCUT2D eigenvalue weighted by Crippen LogP contribution is 2.13. The van der Waals surface area contributed by atoms with Crippen molar-refractivity contribution in [1.82, 2.24) is 20.1 Å². The third-order valence-corrected chi connectivity index (χ3v) is 2.56. The van der Waals surface area contributed by atoms with Crippen LogP contribution in [0.15, 0.2) is 11.5 Å². The van der Waals surface area contributed by atoms with Gasteiger partial charge in [0.1, 0.15) is 12.9 Å². The van der Waals surface area contributed by atoms with E-state index in [1.165, 1.54) is 10.9 Å². The summed E-state index contributed by atoms with van der Waals surface area (Å²) in [6.07, 6.45) is 1.40. The van der Waals surface area contributed by atoms with Gasteiger partial charge in [0.2, 0.25) is 5.91 Å². The number of carbonyl (C=O) groups is 2. The second kappa shape index (κ2) is 6.11. The predicted molar refractivity (Wildman–Crippen MR) is 57.1 cm³/mol. The fourth-order valence-electron chi connectivity index (χ4n) is 0.999. The summed E-state index contributed by atoms with van der Waals surface area (Å²) >= 11 is 1.03. The first-order chi connectivity index (χ1) is 7.63. The first kappa shape index (κ1) is 12.5. The number of nitrogens with one attached hydrogen (secondary N) is 1. The van der Waals surface area contributed by atoms with Crippen LogP contribution in [0.5, 0.6) is 0 Å². The minimum absolute atomic E-state index is 0.1000. The summed E-state index contributed by atoms with van der Waals surface area (Å²) in [6, 6.07) is 0. The van der Waals surface area contributed by atoms with Crippen LogP contribution in [0, 0.1) is 0 Å². The lowest BCUT2D eigenvalue weighted by atomic mass is 10.5. The second-order valence-corrected chi connectivity index (χ2v) is 3.82. The topological polar surface area (TPSA) is 97.1 Å². The molecule has 1 aromatic rings. The van der Waals surface area contributed by atoms with E-state index in [2.05, 4.69) is 15.5 Å². The Morgan fingerprint density at radius 3 is 3.00 bits per heavy atom. The average molecular weight is 244 g/mol. The summed E-state index contributed by atoms with van der Waals surface area (Å²) in [5.41, 5.74) is 0. The van der Waals surface area contributed by atoms with Crippen molar-refractivity contribution < 1.29 is 14.7 Å². The Morgan fingerprint density at radius 1 is 1.62 bits per heavy atom. The Balaban J connectivity index is 2.56. The Hall–Kier alpha value is -1.57. The van der Waals surface area contributed by atoms with Crippen LogP contribution in [0.3, 0.4) is 0 Å². The molecule has 0 saturated carbocycles. The Morgan fingerprint density at radius 2 is 2.38 bits per heavy atom. The summed E-state index contributed by atoms with van der Waals surface area (Å²) in [4.78, 5) is 21.7. The van der Waals surface area contributed by atoms with Crippen molar-refractivity contribution in [3.63, 3.8) is 0 Å². The van der Waals surface area contributed by atoms with E-state index >= 15 is 0 Å². The molecule has 1 heterocycles. The molecule has 0 atom stereocenters. The van der Waals surface area contributed by atoms with Crippen molar-refractivity contribution in [3.05, 3.63) is 6.33 Å². The zero-order valence-corrected chi connectivity index (χ0v) is 9.53. The minimum atomic E-state index is -0.933. The van der Waals surface area contributed by atoms with Crippen molar-refractivity contribution in [2.45, 2.75) is 18.6 Å². The molecule has 0 spiro atoms. The van der Waals surface area contributed by atoms with E-state index in [1.54, 1.807) is 0 Å². The molecule has 7 nitrogen and oxygen atoms in total. The molecule has 0 fully saturated rings. The van der Waals surface area contributed by atoms with Gasteiger partial charge in [0.15, 0.2) is 5.16 Å². The molecule has 0 aliphatic carbocycles. The normalized spacial score (nSPS) is 10.1.